The number of aromatic amines is 1. The molecule has 15 nitrogen and oxygen atoms in total. The zero-order chi connectivity index (χ0) is 45.6. The first-order valence-corrected chi connectivity index (χ1v) is 26.4. The van der Waals surface area contributed by atoms with Crippen LogP contribution in [0.3, 0.4) is 0 Å². The topological polar surface area (TPSA) is 171 Å². The Labute approximate surface area is 380 Å². The molecule has 2 N–H and O–H groups in total. The van der Waals surface area contributed by atoms with Gasteiger partial charge in [0, 0.05) is 69.2 Å². The summed E-state index contributed by atoms with van der Waals surface area (Å²) >= 11 is 0. The lowest BCUT2D eigenvalue weighted by atomic mass is 9.79. The number of carbonyl (C=O) groups excluding carboxylic acids is 3. The molecular formula is C49H59N9O6Si. The van der Waals surface area contributed by atoms with Gasteiger partial charge in [0.2, 0.25) is 0 Å². The number of aromatic nitrogens is 7. The molecule has 2 aromatic carbocycles. The van der Waals surface area contributed by atoms with Crippen molar-refractivity contribution < 1.29 is 28.6 Å². The third kappa shape index (κ3) is 9.37. The molecule has 9 rings (SSSR count). The van der Waals surface area contributed by atoms with Crippen LogP contribution in [-0.4, -0.2) is 96.9 Å². The van der Waals surface area contributed by atoms with E-state index >= 15 is 0 Å². The highest BCUT2D eigenvalue weighted by Crippen LogP contribution is 2.41. The number of imidazole rings is 2. The quantitative estimate of drug-likeness (QED) is 0.0944. The van der Waals surface area contributed by atoms with E-state index < -0.39 is 25.7 Å². The van der Waals surface area contributed by atoms with Gasteiger partial charge in [-0.25, -0.2) is 24.5 Å². The summed E-state index contributed by atoms with van der Waals surface area (Å²) in [5.41, 5.74) is 8.38. The van der Waals surface area contributed by atoms with E-state index in [0.717, 1.165) is 93.0 Å². The van der Waals surface area contributed by atoms with E-state index in [-0.39, 0.29) is 29.9 Å². The zero-order valence-electron chi connectivity index (χ0n) is 38.4. The Hall–Kier alpha value is -6.13. The van der Waals surface area contributed by atoms with Gasteiger partial charge in [0.05, 0.1) is 65.8 Å². The van der Waals surface area contributed by atoms with Crippen molar-refractivity contribution in [2.24, 2.45) is 0 Å². The molecule has 16 heteroatoms. The summed E-state index contributed by atoms with van der Waals surface area (Å²) in [5, 5.41) is 2.92. The van der Waals surface area contributed by atoms with Crippen LogP contribution in [0, 0.1) is 0 Å². The second-order valence-corrected chi connectivity index (χ2v) is 25.5. The van der Waals surface area contributed by atoms with Crippen LogP contribution in [0.4, 0.5) is 9.59 Å². The first kappa shape index (κ1) is 44.1. The van der Waals surface area contributed by atoms with Crippen molar-refractivity contribution in [3.8, 4) is 33.8 Å². The molecule has 1 aliphatic carbocycles. The normalized spacial score (nSPS) is 19.9. The summed E-state index contributed by atoms with van der Waals surface area (Å²) in [6.07, 6.45) is 10.2. The number of fused-ring (bicyclic) bond motifs is 1. The summed E-state index contributed by atoms with van der Waals surface area (Å²) in [6, 6.07) is 16.8. The fraction of sp³-hybridized carbons (Fsp3) is 0.449. The summed E-state index contributed by atoms with van der Waals surface area (Å²) in [6.45, 7) is 14.9. The van der Waals surface area contributed by atoms with Crippen molar-refractivity contribution in [1.82, 2.24) is 44.3 Å². The maximum absolute atomic E-state index is 13.9. The van der Waals surface area contributed by atoms with E-state index in [1.54, 1.807) is 11.1 Å². The number of Topliss-reactive ketones (excluding diaryl/α,β-unsaturated/α-hetero) is 1. The van der Waals surface area contributed by atoms with E-state index in [4.69, 9.17) is 34.1 Å². The fourth-order valence-electron chi connectivity index (χ4n) is 9.50. The largest absolute Gasteiger partial charge is 0.453 e. The summed E-state index contributed by atoms with van der Waals surface area (Å²) < 4.78 is 21.3. The van der Waals surface area contributed by atoms with Gasteiger partial charge in [0.25, 0.3) is 0 Å². The monoisotopic (exact) mass is 897 g/mol. The molecule has 1 fully saturated rings. The SMILES string of the molecule is COC(=O)N[C@H]1CCc2ccn3c2C1C(=O)C[C@H](c1ncc(-c2ccc(-c4cnc5cc(-c6cnc([C@@H]7CCCN7C(=O)OC(C)(C)C)n6COCC[Si](C)(C)C)ccc5n4)cc2)[nH]1)C3. The number of hydrogen-bond acceptors (Lipinski definition) is 10. The lowest BCUT2D eigenvalue weighted by Crippen LogP contribution is -2.44. The lowest BCUT2D eigenvalue weighted by molar-refractivity contribution is -0.121. The molecule has 4 aromatic heterocycles. The second-order valence-electron chi connectivity index (χ2n) is 19.8. The van der Waals surface area contributed by atoms with Crippen molar-refractivity contribution in [1.29, 1.82) is 0 Å². The number of rotatable bonds is 11. The van der Waals surface area contributed by atoms with Crippen molar-refractivity contribution in [3.05, 3.63) is 96.2 Å². The molecule has 0 spiro atoms. The van der Waals surface area contributed by atoms with Crippen LogP contribution in [0.1, 0.15) is 87.2 Å². The zero-order valence-corrected chi connectivity index (χ0v) is 39.4. The van der Waals surface area contributed by atoms with Gasteiger partial charge in [-0.05, 0) is 81.8 Å². The molecule has 3 aliphatic rings. The van der Waals surface area contributed by atoms with Crippen LogP contribution in [0.15, 0.2) is 73.3 Å². The number of nitrogens with zero attached hydrogens (tertiary/aromatic N) is 7. The maximum Gasteiger partial charge on any atom is 0.410 e. The Morgan fingerprint density at radius 2 is 1.72 bits per heavy atom. The number of ketones is 1. The number of methoxy groups -OCH3 is 1. The third-order valence-electron chi connectivity index (χ3n) is 12.8. The van der Waals surface area contributed by atoms with Gasteiger partial charge in [-0.1, -0.05) is 50.0 Å². The fourth-order valence-corrected chi connectivity index (χ4v) is 10.3. The van der Waals surface area contributed by atoms with E-state index in [0.29, 0.717) is 39.3 Å². The predicted molar refractivity (Wildman–Crippen MR) is 250 cm³/mol. The van der Waals surface area contributed by atoms with E-state index in [2.05, 4.69) is 51.3 Å². The Balaban J connectivity index is 0.920. The van der Waals surface area contributed by atoms with Crippen LogP contribution >= 0.6 is 0 Å². The molecule has 0 bridgehead atoms. The van der Waals surface area contributed by atoms with E-state index in [9.17, 15) is 14.4 Å². The maximum atomic E-state index is 13.9. The molecule has 0 radical (unpaired) electrons. The van der Waals surface area contributed by atoms with Crippen molar-refractivity contribution in [2.45, 2.75) is 121 Å². The minimum absolute atomic E-state index is 0.0934. The molecule has 6 aromatic rings. The number of amides is 2. The number of ether oxygens (including phenoxy) is 3. The van der Waals surface area contributed by atoms with Crippen molar-refractivity contribution in [3.63, 3.8) is 0 Å². The van der Waals surface area contributed by atoms with Crippen LogP contribution in [0.2, 0.25) is 25.7 Å². The smallest absolute Gasteiger partial charge is 0.410 e. The van der Waals surface area contributed by atoms with Gasteiger partial charge in [-0.2, -0.15) is 0 Å². The number of H-pyrrole nitrogens is 1. The molecule has 340 valence electrons. The number of nitrogens with one attached hydrogen (secondary N) is 2. The van der Waals surface area contributed by atoms with Gasteiger partial charge >= 0.3 is 12.2 Å². The van der Waals surface area contributed by atoms with Crippen LogP contribution in [-0.2, 0) is 38.7 Å². The van der Waals surface area contributed by atoms with Crippen molar-refractivity contribution in [2.75, 3.05) is 20.3 Å². The van der Waals surface area contributed by atoms with Crippen LogP contribution < -0.4 is 5.32 Å². The van der Waals surface area contributed by atoms with Crippen LogP contribution in [0.25, 0.3) is 44.8 Å². The van der Waals surface area contributed by atoms with Gasteiger partial charge in [0.1, 0.15) is 29.8 Å². The van der Waals surface area contributed by atoms with Crippen molar-refractivity contribution >= 4 is 37.1 Å². The molecule has 4 atom stereocenters. The first-order chi connectivity index (χ1) is 31.1. The highest BCUT2D eigenvalue weighted by molar-refractivity contribution is 6.76. The van der Waals surface area contributed by atoms with E-state index in [1.165, 1.54) is 7.11 Å². The molecule has 0 saturated carbocycles. The number of likely N-dealkylation sites (tertiary alicyclic amines) is 1. The Kier molecular flexibility index (Phi) is 12.0. The van der Waals surface area contributed by atoms with Gasteiger partial charge in [-0.3, -0.25) is 14.7 Å². The predicted octanol–water partition coefficient (Wildman–Crippen LogP) is 9.25. The molecule has 2 amide bonds. The molecular weight excluding hydrogens is 839 g/mol. The first-order valence-electron chi connectivity index (χ1n) is 22.7. The minimum atomic E-state index is -1.31. The van der Waals surface area contributed by atoms with Gasteiger partial charge in [0.15, 0.2) is 0 Å². The number of aryl methyl sites for hydroxylation is 1. The molecule has 6 heterocycles. The molecule has 1 unspecified atom stereocenters. The second kappa shape index (κ2) is 17.7. The molecule has 1 saturated heterocycles. The average Bonchev–Trinajstić information content (AvgIpc) is 4.10. The summed E-state index contributed by atoms with van der Waals surface area (Å²) in [5.74, 6) is 1.06. The highest BCUT2D eigenvalue weighted by Gasteiger charge is 2.42. The standard InChI is InChI=1S/C49H59N9O6Si/c1-49(2,3)64-48(61)57-19-8-9-40(57)46-52-27-41(58(46)29-63-21-22-65(5,6)7)33-15-16-35-37(23-33)50-25-38(53-35)30-10-12-31(13-11-30)39-26-51-45(54-39)34-24-42(59)43-36(55-47(60)62-4)17-14-32-18-20-56(28-34)44(32)43/h10-13,15-16,18,20,23,25-27,34,36,40,43H,8-9,14,17,19,21-22,24,28-29H2,1-7H3,(H,51,54)(H,55,60)/t34-,36-,40-,43?/m0/s1. The number of benzene rings is 2. The molecule has 2 aliphatic heterocycles. The number of hydrogen-bond donors (Lipinski definition) is 2. The Morgan fingerprint density at radius 3 is 2.49 bits per heavy atom. The van der Waals surface area contributed by atoms with E-state index in [1.807, 2.05) is 75.6 Å². The summed E-state index contributed by atoms with van der Waals surface area (Å²) in [7, 11) is 0.0351. The van der Waals surface area contributed by atoms with Gasteiger partial charge in [-0.15, -0.1) is 0 Å². The average molecular weight is 898 g/mol. The number of alkyl carbamates (subject to hydrolysis) is 1. The summed E-state index contributed by atoms with van der Waals surface area (Å²) in [4.78, 5) is 64.3. The minimum Gasteiger partial charge on any atom is -0.453 e. The molecule has 65 heavy (non-hydrogen) atoms. The third-order valence-corrected chi connectivity index (χ3v) is 14.5. The van der Waals surface area contributed by atoms with Gasteiger partial charge < -0.3 is 33.6 Å². The highest BCUT2D eigenvalue weighted by atomic mass is 28.3. The number of carbonyl (C=O) groups is 3. The lowest BCUT2D eigenvalue weighted by Gasteiger charge is -2.31. The Morgan fingerprint density at radius 1 is 0.938 bits per heavy atom. The Bertz CT molecular complexity index is 2730. The van der Waals surface area contributed by atoms with Crippen LogP contribution in [0.5, 0.6) is 0 Å².